The number of carbonyl (C=O) groups excluding carboxylic acids is 1. The third-order valence-electron chi connectivity index (χ3n) is 5.38. The molecule has 8 heteroatoms. The minimum atomic E-state index is -0.235. The van der Waals surface area contributed by atoms with Crippen LogP contribution in [0.2, 0.25) is 0 Å². The molecular formula is C21H20N4O2S2. The molecule has 1 N–H and O–H groups in total. The van der Waals surface area contributed by atoms with Gasteiger partial charge in [0.25, 0.3) is 11.5 Å². The topological polar surface area (TPSA) is 76.9 Å². The second kappa shape index (κ2) is 7.03. The predicted octanol–water partition coefficient (Wildman–Crippen LogP) is 4.66. The first-order chi connectivity index (χ1) is 14.0. The van der Waals surface area contributed by atoms with Gasteiger partial charge in [0.15, 0.2) is 5.13 Å². The van der Waals surface area contributed by atoms with Gasteiger partial charge in [0.05, 0.1) is 20.5 Å². The zero-order valence-electron chi connectivity index (χ0n) is 16.2. The summed E-state index contributed by atoms with van der Waals surface area (Å²) >= 11 is 2.75. The molecule has 4 aromatic rings. The molecule has 3 aromatic heterocycles. The van der Waals surface area contributed by atoms with E-state index in [1.54, 1.807) is 4.57 Å². The first-order valence-corrected chi connectivity index (χ1v) is 11.4. The molecule has 1 aliphatic rings. The number of nitrogens with zero attached hydrogens (tertiary/aromatic N) is 3. The van der Waals surface area contributed by atoms with E-state index in [1.807, 2.05) is 26.0 Å². The number of anilines is 1. The Morgan fingerprint density at radius 1 is 1.14 bits per heavy atom. The number of amides is 1. The van der Waals surface area contributed by atoms with Crippen molar-refractivity contribution >= 4 is 54.1 Å². The maximum absolute atomic E-state index is 13.1. The van der Waals surface area contributed by atoms with Crippen molar-refractivity contribution in [1.82, 2.24) is 14.5 Å². The number of thiophene rings is 1. The largest absolute Gasteiger partial charge is 0.297 e. The molecule has 1 aromatic carbocycles. The van der Waals surface area contributed by atoms with Crippen LogP contribution in [-0.4, -0.2) is 20.4 Å². The van der Waals surface area contributed by atoms with Crippen molar-refractivity contribution in [3.05, 3.63) is 50.4 Å². The fraction of sp³-hybridized carbons (Fsp3) is 0.333. The summed E-state index contributed by atoms with van der Waals surface area (Å²) in [7, 11) is 0. The quantitative estimate of drug-likeness (QED) is 0.508. The molecule has 0 saturated heterocycles. The van der Waals surface area contributed by atoms with Gasteiger partial charge in [-0.25, -0.2) is 9.97 Å². The maximum atomic E-state index is 13.1. The number of benzene rings is 1. The standard InChI is InChI=1S/C21H20N4O2S2/c1-11-7-8-13-14(10-11)28-21(22-13)24-18(26)17-12(2)16-19(29-17)23-15-6-4-3-5-9-25(15)20(16)27/h7-8,10H,3-6,9H2,1-2H3,(H,22,24,26). The van der Waals surface area contributed by atoms with Gasteiger partial charge in [-0.2, -0.15) is 0 Å². The highest BCUT2D eigenvalue weighted by Crippen LogP contribution is 2.31. The number of aryl methyl sites for hydroxylation is 3. The lowest BCUT2D eigenvalue weighted by Gasteiger charge is -2.08. The molecule has 0 bridgehead atoms. The lowest BCUT2D eigenvalue weighted by molar-refractivity contribution is 0.103. The normalized spacial score (nSPS) is 14.1. The third kappa shape index (κ3) is 3.16. The Hall–Kier alpha value is -2.58. The summed E-state index contributed by atoms with van der Waals surface area (Å²) in [5.41, 5.74) is 2.71. The molecule has 0 aliphatic carbocycles. The average molecular weight is 425 g/mol. The molecular weight excluding hydrogens is 404 g/mol. The predicted molar refractivity (Wildman–Crippen MR) is 118 cm³/mol. The Labute approximate surface area is 175 Å². The van der Waals surface area contributed by atoms with Crippen LogP contribution >= 0.6 is 22.7 Å². The molecule has 0 atom stereocenters. The van der Waals surface area contributed by atoms with Crippen LogP contribution in [-0.2, 0) is 13.0 Å². The number of hydrogen-bond acceptors (Lipinski definition) is 6. The number of fused-ring (bicyclic) bond motifs is 3. The van der Waals surface area contributed by atoms with Gasteiger partial charge in [-0.15, -0.1) is 11.3 Å². The molecule has 5 rings (SSSR count). The second-order valence-corrected chi connectivity index (χ2v) is 9.51. The van der Waals surface area contributed by atoms with Crippen molar-refractivity contribution in [3.8, 4) is 0 Å². The van der Waals surface area contributed by atoms with Crippen LogP contribution in [0.1, 0.15) is 45.9 Å². The lowest BCUT2D eigenvalue weighted by Crippen LogP contribution is -2.24. The fourth-order valence-electron chi connectivity index (χ4n) is 3.87. The van der Waals surface area contributed by atoms with Gasteiger partial charge in [-0.05, 0) is 49.9 Å². The first-order valence-electron chi connectivity index (χ1n) is 9.72. The molecule has 0 radical (unpaired) electrons. The molecule has 1 aliphatic heterocycles. The summed E-state index contributed by atoms with van der Waals surface area (Å²) in [5, 5.41) is 4.05. The minimum absolute atomic E-state index is 0.0184. The van der Waals surface area contributed by atoms with Gasteiger partial charge in [0.2, 0.25) is 0 Å². The average Bonchev–Trinajstić information content (AvgIpc) is 3.12. The number of nitrogens with one attached hydrogen (secondary N) is 1. The Morgan fingerprint density at radius 2 is 2.00 bits per heavy atom. The molecule has 148 valence electrons. The van der Waals surface area contributed by atoms with Crippen molar-refractivity contribution in [2.24, 2.45) is 0 Å². The van der Waals surface area contributed by atoms with Crippen LogP contribution in [0.4, 0.5) is 5.13 Å². The Kier molecular flexibility index (Phi) is 4.48. The number of hydrogen-bond donors (Lipinski definition) is 1. The molecule has 1 amide bonds. The van der Waals surface area contributed by atoms with E-state index >= 15 is 0 Å². The van der Waals surface area contributed by atoms with Crippen molar-refractivity contribution in [3.63, 3.8) is 0 Å². The van der Waals surface area contributed by atoms with E-state index in [-0.39, 0.29) is 11.5 Å². The summed E-state index contributed by atoms with van der Waals surface area (Å²) in [6, 6.07) is 6.03. The number of aromatic nitrogens is 3. The Balaban J connectivity index is 1.53. The highest BCUT2D eigenvalue weighted by molar-refractivity contribution is 7.23. The summed E-state index contributed by atoms with van der Waals surface area (Å²) in [6.07, 6.45) is 3.97. The zero-order valence-corrected chi connectivity index (χ0v) is 17.9. The van der Waals surface area contributed by atoms with E-state index in [9.17, 15) is 9.59 Å². The maximum Gasteiger partial charge on any atom is 0.267 e. The van der Waals surface area contributed by atoms with Gasteiger partial charge in [-0.1, -0.05) is 23.8 Å². The molecule has 4 heterocycles. The van der Waals surface area contributed by atoms with Gasteiger partial charge in [0.1, 0.15) is 10.7 Å². The van der Waals surface area contributed by atoms with E-state index in [2.05, 4.69) is 16.4 Å². The fourth-order valence-corrected chi connectivity index (χ4v) is 5.91. The van der Waals surface area contributed by atoms with Crippen LogP contribution in [0.15, 0.2) is 23.0 Å². The van der Waals surface area contributed by atoms with Gasteiger partial charge < -0.3 is 0 Å². The van der Waals surface area contributed by atoms with Crippen molar-refractivity contribution in [2.45, 2.75) is 46.1 Å². The molecule has 6 nitrogen and oxygen atoms in total. The number of rotatable bonds is 2. The van der Waals surface area contributed by atoms with Crippen LogP contribution in [0.3, 0.4) is 0 Å². The number of carbonyl (C=O) groups is 1. The monoisotopic (exact) mass is 424 g/mol. The van der Waals surface area contributed by atoms with Gasteiger partial charge in [-0.3, -0.25) is 19.5 Å². The summed E-state index contributed by atoms with van der Waals surface area (Å²) in [4.78, 5) is 36.5. The summed E-state index contributed by atoms with van der Waals surface area (Å²) in [5.74, 6) is 0.607. The number of thiazole rings is 1. The molecule has 29 heavy (non-hydrogen) atoms. The van der Waals surface area contributed by atoms with E-state index in [0.29, 0.717) is 32.3 Å². The highest BCUT2D eigenvalue weighted by Gasteiger charge is 2.23. The Bertz CT molecular complexity index is 1330. The summed E-state index contributed by atoms with van der Waals surface area (Å²) < 4.78 is 2.84. The van der Waals surface area contributed by atoms with Crippen LogP contribution < -0.4 is 10.9 Å². The van der Waals surface area contributed by atoms with Gasteiger partial charge in [0, 0.05) is 13.0 Å². The SMILES string of the molecule is Cc1ccc2nc(NC(=O)c3sc4nc5n(c(=O)c4c3C)CCCCC5)sc2c1. The van der Waals surface area contributed by atoms with Crippen LogP contribution in [0, 0.1) is 13.8 Å². The molecule has 0 fully saturated rings. The van der Waals surface area contributed by atoms with E-state index in [1.165, 1.54) is 22.7 Å². The minimum Gasteiger partial charge on any atom is -0.297 e. The Morgan fingerprint density at radius 3 is 2.86 bits per heavy atom. The molecule has 0 unspecified atom stereocenters. The van der Waals surface area contributed by atoms with Crippen LogP contribution in [0.5, 0.6) is 0 Å². The molecule has 0 saturated carbocycles. The lowest BCUT2D eigenvalue weighted by atomic mass is 10.2. The smallest absolute Gasteiger partial charge is 0.267 e. The van der Waals surface area contributed by atoms with E-state index < -0.39 is 0 Å². The van der Waals surface area contributed by atoms with Crippen molar-refractivity contribution in [1.29, 1.82) is 0 Å². The van der Waals surface area contributed by atoms with Gasteiger partial charge >= 0.3 is 0 Å². The van der Waals surface area contributed by atoms with Crippen LogP contribution in [0.25, 0.3) is 20.4 Å². The van der Waals surface area contributed by atoms with E-state index in [4.69, 9.17) is 4.98 Å². The second-order valence-electron chi connectivity index (χ2n) is 7.48. The van der Waals surface area contributed by atoms with E-state index in [0.717, 1.165) is 47.3 Å². The summed E-state index contributed by atoms with van der Waals surface area (Å²) in [6.45, 7) is 4.58. The first kappa shape index (κ1) is 18.4. The third-order valence-corrected chi connectivity index (χ3v) is 7.50. The highest BCUT2D eigenvalue weighted by atomic mass is 32.1. The van der Waals surface area contributed by atoms with Crippen molar-refractivity contribution in [2.75, 3.05) is 5.32 Å². The molecule has 0 spiro atoms. The zero-order chi connectivity index (χ0) is 20.1. The van der Waals surface area contributed by atoms with Crippen molar-refractivity contribution < 1.29 is 4.79 Å².